The zero-order valence-corrected chi connectivity index (χ0v) is 19.6. The zero-order chi connectivity index (χ0) is 22.0. The van der Waals surface area contributed by atoms with E-state index in [9.17, 15) is 0 Å². The highest BCUT2D eigenvalue weighted by Gasteiger charge is 2.43. The third-order valence-electron chi connectivity index (χ3n) is 8.56. The van der Waals surface area contributed by atoms with Gasteiger partial charge in [-0.05, 0) is 63.4 Å². The van der Waals surface area contributed by atoms with Crippen molar-refractivity contribution in [2.75, 3.05) is 11.4 Å². The molecule has 2 bridgehead atoms. The van der Waals surface area contributed by atoms with Crippen LogP contribution in [0.1, 0.15) is 61.2 Å². The average Bonchev–Trinajstić information content (AvgIpc) is 3.30. The molecule has 4 heterocycles. The second-order valence-electron chi connectivity index (χ2n) is 10.7. The number of rotatable bonds is 3. The molecule has 2 aliphatic carbocycles. The SMILES string of the molecule is Cc1cc(N2CCc3c(c(C)nn3CC34CCCC(C3)C(N)CC4)C2)c2cnn(C)c2n1. The maximum absolute atomic E-state index is 6.44. The summed E-state index contributed by atoms with van der Waals surface area (Å²) < 4.78 is 4.26. The van der Waals surface area contributed by atoms with Crippen molar-refractivity contribution in [2.45, 2.75) is 77.9 Å². The summed E-state index contributed by atoms with van der Waals surface area (Å²) in [5, 5.41) is 10.7. The van der Waals surface area contributed by atoms with Crippen LogP contribution in [0.3, 0.4) is 0 Å². The lowest BCUT2D eigenvalue weighted by Crippen LogP contribution is -2.46. The van der Waals surface area contributed by atoms with Gasteiger partial charge in [-0.2, -0.15) is 10.2 Å². The van der Waals surface area contributed by atoms with Crippen molar-refractivity contribution in [3.63, 3.8) is 0 Å². The smallest absolute Gasteiger partial charge is 0.159 e. The molecule has 0 radical (unpaired) electrons. The van der Waals surface area contributed by atoms with Crippen molar-refractivity contribution in [1.29, 1.82) is 0 Å². The fourth-order valence-corrected chi connectivity index (χ4v) is 6.82. The number of hydrogen-bond acceptors (Lipinski definition) is 5. The highest BCUT2D eigenvalue weighted by Crippen LogP contribution is 2.49. The van der Waals surface area contributed by atoms with Gasteiger partial charge in [-0.3, -0.25) is 9.36 Å². The molecule has 32 heavy (non-hydrogen) atoms. The van der Waals surface area contributed by atoms with Gasteiger partial charge in [-0.1, -0.05) is 6.42 Å². The summed E-state index contributed by atoms with van der Waals surface area (Å²) in [6.07, 6.45) is 10.7. The maximum Gasteiger partial charge on any atom is 0.159 e. The summed E-state index contributed by atoms with van der Waals surface area (Å²) in [6, 6.07) is 2.62. The molecule has 0 amide bonds. The van der Waals surface area contributed by atoms with Crippen LogP contribution in [0.4, 0.5) is 5.69 Å². The molecule has 6 rings (SSSR count). The number of aryl methyl sites for hydroxylation is 3. The van der Waals surface area contributed by atoms with Crippen LogP contribution in [0.15, 0.2) is 12.3 Å². The van der Waals surface area contributed by atoms with Crippen LogP contribution < -0.4 is 10.6 Å². The van der Waals surface area contributed by atoms with Crippen LogP contribution in [-0.4, -0.2) is 37.1 Å². The van der Waals surface area contributed by atoms with Crippen LogP contribution in [0, 0.1) is 25.2 Å². The van der Waals surface area contributed by atoms with Gasteiger partial charge < -0.3 is 10.6 Å². The fourth-order valence-electron chi connectivity index (χ4n) is 6.82. The molecule has 170 valence electrons. The van der Waals surface area contributed by atoms with Gasteiger partial charge in [0.25, 0.3) is 0 Å². The quantitative estimate of drug-likeness (QED) is 0.682. The van der Waals surface area contributed by atoms with Crippen molar-refractivity contribution >= 4 is 16.7 Å². The molecule has 7 nitrogen and oxygen atoms in total. The first-order valence-corrected chi connectivity index (χ1v) is 12.3. The molecule has 3 aromatic rings. The van der Waals surface area contributed by atoms with Crippen molar-refractivity contribution < 1.29 is 0 Å². The first-order chi connectivity index (χ1) is 15.4. The number of aromatic nitrogens is 5. The standard InChI is InChI=1S/C25H35N7/c1-16-11-23(19-13-27-30(3)24(19)28-16)31-10-7-22-20(14-31)17(2)29-32(22)15-25-8-4-5-18(12-25)21(26)6-9-25/h11,13,18,21H,4-10,12,14-15,26H2,1-3H3. The van der Waals surface area contributed by atoms with Crippen LogP contribution in [-0.2, 0) is 26.6 Å². The molecular weight excluding hydrogens is 398 g/mol. The lowest BCUT2D eigenvalue weighted by Gasteiger charge is -2.48. The Kier molecular flexibility index (Phi) is 4.61. The summed E-state index contributed by atoms with van der Waals surface area (Å²) in [4.78, 5) is 7.20. The molecule has 2 saturated carbocycles. The van der Waals surface area contributed by atoms with Crippen LogP contribution in [0.25, 0.3) is 11.0 Å². The van der Waals surface area contributed by atoms with Crippen molar-refractivity contribution in [2.24, 2.45) is 24.1 Å². The van der Waals surface area contributed by atoms with E-state index in [1.807, 2.05) is 17.9 Å². The van der Waals surface area contributed by atoms with Crippen molar-refractivity contribution in [1.82, 2.24) is 24.5 Å². The third-order valence-corrected chi connectivity index (χ3v) is 8.56. The van der Waals surface area contributed by atoms with E-state index in [0.717, 1.165) is 48.7 Å². The summed E-state index contributed by atoms with van der Waals surface area (Å²) in [6.45, 7) is 7.25. The van der Waals surface area contributed by atoms with E-state index in [0.29, 0.717) is 11.5 Å². The van der Waals surface area contributed by atoms with Gasteiger partial charge in [0.2, 0.25) is 0 Å². The summed E-state index contributed by atoms with van der Waals surface area (Å²) in [7, 11) is 1.97. The van der Waals surface area contributed by atoms with Crippen molar-refractivity contribution in [3.8, 4) is 0 Å². The summed E-state index contributed by atoms with van der Waals surface area (Å²) in [5.41, 5.74) is 14.1. The first-order valence-electron chi connectivity index (χ1n) is 12.3. The van der Waals surface area contributed by atoms with Crippen LogP contribution >= 0.6 is 0 Å². The van der Waals surface area contributed by atoms with Gasteiger partial charge in [0.1, 0.15) is 0 Å². The molecule has 0 saturated heterocycles. The molecule has 7 heteroatoms. The van der Waals surface area contributed by atoms with Gasteiger partial charge in [0.15, 0.2) is 5.65 Å². The monoisotopic (exact) mass is 433 g/mol. The van der Waals surface area contributed by atoms with Gasteiger partial charge in [0, 0.05) is 56.1 Å². The fraction of sp³-hybridized carbons (Fsp3) is 0.640. The minimum Gasteiger partial charge on any atom is -0.366 e. The number of nitrogens with zero attached hydrogens (tertiary/aromatic N) is 6. The summed E-state index contributed by atoms with van der Waals surface area (Å²) >= 11 is 0. The topological polar surface area (TPSA) is 77.8 Å². The molecule has 3 aliphatic rings. The number of fused-ring (bicyclic) bond motifs is 4. The Morgan fingerprint density at radius 3 is 2.97 bits per heavy atom. The lowest BCUT2D eigenvalue weighted by molar-refractivity contribution is 0.0423. The number of pyridine rings is 1. The molecule has 3 atom stereocenters. The minimum absolute atomic E-state index is 0.409. The van der Waals surface area contributed by atoms with Crippen LogP contribution in [0.2, 0.25) is 0 Å². The van der Waals surface area contributed by atoms with E-state index in [1.54, 1.807) is 0 Å². The highest BCUT2D eigenvalue weighted by molar-refractivity contribution is 5.89. The average molecular weight is 434 g/mol. The molecule has 0 spiro atoms. The van der Waals surface area contributed by atoms with Gasteiger partial charge in [0.05, 0.1) is 23.0 Å². The Balaban J connectivity index is 1.30. The molecule has 3 aromatic heterocycles. The maximum atomic E-state index is 6.44. The van der Waals surface area contributed by atoms with Crippen molar-refractivity contribution in [3.05, 3.63) is 34.9 Å². The predicted octanol–water partition coefficient (Wildman–Crippen LogP) is 3.64. The van der Waals surface area contributed by atoms with E-state index < -0.39 is 0 Å². The lowest BCUT2D eigenvalue weighted by atomic mass is 9.60. The van der Waals surface area contributed by atoms with E-state index in [2.05, 4.69) is 34.6 Å². The van der Waals surface area contributed by atoms with E-state index in [4.69, 9.17) is 15.8 Å². The Hall–Kier alpha value is -2.41. The Bertz CT molecular complexity index is 1170. The number of nitrogens with two attached hydrogens (primary N) is 1. The number of anilines is 1. The molecule has 0 aromatic carbocycles. The zero-order valence-electron chi connectivity index (χ0n) is 19.6. The molecule has 3 unspecified atom stereocenters. The van der Waals surface area contributed by atoms with Crippen LogP contribution in [0.5, 0.6) is 0 Å². The Labute approximate surface area is 190 Å². The second-order valence-corrected chi connectivity index (χ2v) is 10.7. The highest BCUT2D eigenvalue weighted by atomic mass is 15.3. The number of hydrogen-bond donors (Lipinski definition) is 1. The van der Waals surface area contributed by atoms with Gasteiger partial charge in [-0.25, -0.2) is 4.98 Å². The Morgan fingerprint density at radius 2 is 2.09 bits per heavy atom. The van der Waals surface area contributed by atoms with E-state index >= 15 is 0 Å². The summed E-state index contributed by atoms with van der Waals surface area (Å²) in [5.74, 6) is 0.720. The minimum atomic E-state index is 0.409. The molecule has 2 N–H and O–H groups in total. The third kappa shape index (κ3) is 3.16. The van der Waals surface area contributed by atoms with E-state index in [-0.39, 0.29) is 0 Å². The second kappa shape index (κ2) is 7.30. The largest absolute Gasteiger partial charge is 0.366 e. The van der Waals surface area contributed by atoms with Gasteiger partial charge in [-0.15, -0.1) is 0 Å². The normalized spacial score (nSPS) is 27.7. The molecule has 2 fully saturated rings. The molecule has 1 aliphatic heterocycles. The van der Waals surface area contributed by atoms with E-state index in [1.165, 1.54) is 61.2 Å². The predicted molar refractivity (Wildman–Crippen MR) is 127 cm³/mol. The Morgan fingerprint density at radius 1 is 1.22 bits per heavy atom. The first kappa shape index (κ1) is 20.2. The molecular formula is C25H35N7. The van der Waals surface area contributed by atoms with Gasteiger partial charge >= 0.3 is 0 Å².